The molecule has 0 saturated heterocycles. The van der Waals surface area contributed by atoms with Gasteiger partial charge in [-0.15, -0.1) is 0 Å². The van der Waals surface area contributed by atoms with Gasteiger partial charge in [0.2, 0.25) is 5.91 Å². The van der Waals surface area contributed by atoms with Gasteiger partial charge in [-0.3, -0.25) is 4.79 Å². The highest BCUT2D eigenvalue weighted by Gasteiger charge is 2.13. The first kappa shape index (κ1) is 13.0. The van der Waals surface area contributed by atoms with Crippen molar-refractivity contribution in [1.29, 1.82) is 0 Å². The molecule has 0 fully saturated rings. The fourth-order valence-corrected chi connectivity index (χ4v) is 2.32. The van der Waals surface area contributed by atoms with Gasteiger partial charge in [0.15, 0.2) is 5.13 Å². The van der Waals surface area contributed by atoms with Crippen LogP contribution in [0.1, 0.15) is 25.7 Å². The molecule has 0 radical (unpaired) electrons. The van der Waals surface area contributed by atoms with E-state index in [2.05, 4.69) is 10.3 Å². The number of carboxylic acid groups (broad SMARTS) is 1. The number of anilines is 2. The number of hydrogen-bond donors (Lipinski definition) is 3. The highest BCUT2D eigenvalue weighted by Crippen LogP contribution is 2.25. The number of nitrogens with one attached hydrogen (secondary N) is 1. The van der Waals surface area contributed by atoms with Crippen LogP contribution in [0.2, 0.25) is 0 Å². The Hall–Kier alpha value is -2.41. The molecule has 98 valence electrons. The highest BCUT2D eigenvalue weighted by molar-refractivity contribution is 7.17. The van der Waals surface area contributed by atoms with E-state index in [1.54, 1.807) is 31.2 Å². The SMILES string of the molecule is Cc1nc(Nc2ccc(C(N)=O)cc2)sc1C(=O)O. The van der Waals surface area contributed by atoms with Crippen LogP contribution in [-0.4, -0.2) is 22.0 Å². The number of aromatic nitrogens is 1. The molecular formula is C12H11N3O3S. The van der Waals surface area contributed by atoms with Gasteiger partial charge < -0.3 is 16.2 Å². The fraction of sp³-hybridized carbons (Fsp3) is 0.0833. The molecule has 0 aliphatic heterocycles. The van der Waals surface area contributed by atoms with Gasteiger partial charge in [-0.2, -0.15) is 0 Å². The standard InChI is InChI=1S/C12H11N3O3S/c1-6-9(11(17)18)19-12(14-6)15-8-4-2-7(3-5-8)10(13)16/h2-5H,1H3,(H2,13,16)(H,14,15)(H,17,18). The molecule has 0 spiro atoms. The Morgan fingerprint density at radius 2 is 1.95 bits per heavy atom. The van der Waals surface area contributed by atoms with Gasteiger partial charge in [0.1, 0.15) is 4.88 Å². The summed E-state index contributed by atoms with van der Waals surface area (Å²) in [5.74, 6) is -1.49. The highest BCUT2D eigenvalue weighted by atomic mass is 32.1. The van der Waals surface area contributed by atoms with E-state index in [4.69, 9.17) is 10.8 Å². The minimum Gasteiger partial charge on any atom is -0.477 e. The zero-order chi connectivity index (χ0) is 14.0. The van der Waals surface area contributed by atoms with Gasteiger partial charge in [-0.1, -0.05) is 11.3 Å². The predicted octanol–water partition coefficient (Wildman–Crippen LogP) is 1.99. The summed E-state index contributed by atoms with van der Waals surface area (Å²) in [5, 5.41) is 12.4. The first-order valence-corrected chi connectivity index (χ1v) is 6.16. The Bertz CT molecular complexity index is 634. The maximum absolute atomic E-state index is 10.9. The molecule has 4 N–H and O–H groups in total. The van der Waals surface area contributed by atoms with Crippen LogP contribution in [0.3, 0.4) is 0 Å². The minimum absolute atomic E-state index is 0.205. The van der Waals surface area contributed by atoms with Gasteiger partial charge in [0, 0.05) is 11.3 Å². The van der Waals surface area contributed by atoms with E-state index in [0.717, 1.165) is 11.3 Å². The number of carboxylic acids is 1. The number of thiazole rings is 1. The minimum atomic E-state index is -0.993. The van der Waals surface area contributed by atoms with Gasteiger partial charge in [-0.05, 0) is 31.2 Å². The molecule has 0 atom stereocenters. The van der Waals surface area contributed by atoms with Crippen LogP contribution >= 0.6 is 11.3 Å². The molecule has 7 heteroatoms. The number of nitrogens with zero attached hydrogens (tertiary/aromatic N) is 1. The Morgan fingerprint density at radius 3 is 2.42 bits per heavy atom. The number of benzene rings is 1. The molecule has 0 saturated carbocycles. The summed E-state index contributed by atoms with van der Waals surface area (Å²) in [5.41, 5.74) is 6.72. The van der Waals surface area contributed by atoms with Crippen LogP contribution in [0.5, 0.6) is 0 Å². The topological polar surface area (TPSA) is 105 Å². The predicted molar refractivity (Wildman–Crippen MR) is 72.1 cm³/mol. The number of aryl methyl sites for hydroxylation is 1. The number of rotatable bonds is 4. The third kappa shape index (κ3) is 2.89. The van der Waals surface area contributed by atoms with E-state index in [-0.39, 0.29) is 4.88 Å². The number of carbonyl (C=O) groups is 2. The molecule has 19 heavy (non-hydrogen) atoms. The first-order chi connectivity index (χ1) is 8.97. The Morgan fingerprint density at radius 1 is 1.32 bits per heavy atom. The van der Waals surface area contributed by atoms with E-state index in [1.165, 1.54) is 0 Å². The summed E-state index contributed by atoms with van der Waals surface area (Å²) >= 11 is 1.06. The van der Waals surface area contributed by atoms with Crippen molar-refractivity contribution >= 4 is 34.0 Å². The molecule has 1 amide bonds. The summed E-state index contributed by atoms with van der Waals surface area (Å²) < 4.78 is 0. The average Bonchev–Trinajstić information content (AvgIpc) is 2.71. The summed E-state index contributed by atoms with van der Waals surface area (Å²) in [6, 6.07) is 6.53. The summed E-state index contributed by atoms with van der Waals surface area (Å²) in [4.78, 5) is 26.1. The summed E-state index contributed by atoms with van der Waals surface area (Å²) in [7, 11) is 0. The van der Waals surface area contributed by atoms with E-state index in [1.807, 2.05) is 0 Å². The quantitative estimate of drug-likeness (QED) is 0.792. The molecule has 2 aromatic rings. The summed E-state index contributed by atoms with van der Waals surface area (Å²) in [6.45, 7) is 1.64. The number of amides is 1. The monoisotopic (exact) mass is 277 g/mol. The van der Waals surface area contributed by atoms with E-state index in [0.29, 0.717) is 22.1 Å². The van der Waals surface area contributed by atoms with Crippen molar-refractivity contribution in [1.82, 2.24) is 4.98 Å². The van der Waals surface area contributed by atoms with Crippen molar-refractivity contribution in [2.24, 2.45) is 5.73 Å². The molecular weight excluding hydrogens is 266 g/mol. The molecule has 0 bridgehead atoms. The van der Waals surface area contributed by atoms with Crippen LogP contribution in [0.25, 0.3) is 0 Å². The Kier molecular flexibility index (Phi) is 3.48. The molecule has 1 aromatic carbocycles. The zero-order valence-electron chi connectivity index (χ0n) is 10.0. The van der Waals surface area contributed by atoms with Crippen LogP contribution in [0, 0.1) is 6.92 Å². The number of primary amides is 1. The van der Waals surface area contributed by atoms with Gasteiger partial charge in [0.05, 0.1) is 5.69 Å². The van der Waals surface area contributed by atoms with Crippen molar-refractivity contribution in [3.8, 4) is 0 Å². The van der Waals surface area contributed by atoms with Crippen LogP contribution < -0.4 is 11.1 Å². The molecule has 0 aliphatic rings. The second-order valence-electron chi connectivity index (χ2n) is 3.81. The lowest BCUT2D eigenvalue weighted by Gasteiger charge is -2.02. The molecule has 0 unspecified atom stereocenters. The van der Waals surface area contributed by atoms with Gasteiger partial charge in [-0.25, -0.2) is 9.78 Å². The largest absolute Gasteiger partial charge is 0.477 e. The van der Waals surface area contributed by atoms with Gasteiger partial charge in [0.25, 0.3) is 0 Å². The maximum atomic E-state index is 10.9. The van der Waals surface area contributed by atoms with E-state index in [9.17, 15) is 9.59 Å². The third-order valence-electron chi connectivity index (χ3n) is 2.41. The van der Waals surface area contributed by atoms with E-state index >= 15 is 0 Å². The average molecular weight is 277 g/mol. The lowest BCUT2D eigenvalue weighted by atomic mass is 10.2. The summed E-state index contributed by atoms with van der Waals surface area (Å²) in [6.07, 6.45) is 0. The first-order valence-electron chi connectivity index (χ1n) is 5.35. The van der Waals surface area contributed by atoms with Crippen molar-refractivity contribution in [2.45, 2.75) is 6.92 Å². The third-order valence-corrected chi connectivity index (χ3v) is 3.47. The maximum Gasteiger partial charge on any atom is 0.347 e. The van der Waals surface area contributed by atoms with Crippen LogP contribution in [0.4, 0.5) is 10.8 Å². The second kappa shape index (κ2) is 5.07. The van der Waals surface area contributed by atoms with Crippen molar-refractivity contribution < 1.29 is 14.7 Å². The van der Waals surface area contributed by atoms with Crippen LogP contribution in [0.15, 0.2) is 24.3 Å². The van der Waals surface area contributed by atoms with Crippen molar-refractivity contribution in [3.05, 3.63) is 40.4 Å². The lowest BCUT2D eigenvalue weighted by Crippen LogP contribution is -2.10. The number of nitrogens with two attached hydrogens (primary N) is 1. The normalized spacial score (nSPS) is 10.2. The van der Waals surface area contributed by atoms with Crippen molar-refractivity contribution in [3.63, 3.8) is 0 Å². The second-order valence-corrected chi connectivity index (χ2v) is 4.80. The number of carbonyl (C=O) groups excluding carboxylic acids is 1. The molecule has 1 heterocycles. The zero-order valence-corrected chi connectivity index (χ0v) is 10.8. The smallest absolute Gasteiger partial charge is 0.347 e. The van der Waals surface area contributed by atoms with Crippen LogP contribution in [-0.2, 0) is 0 Å². The lowest BCUT2D eigenvalue weighted by molar-refractivity contribution is 0.0701. The Labute approximate surface area is 112 Å². The fourth-order valence-electron chi connectivity index (χ4n) is 1.49. The molecule has 0 aliphatic carbocycles. The van der Waals surface area contributed by atoms with E-state index < -0.39 is 11.9 Å². The molecule has 1 aromatic heterocycles. The van der Waals surface area contributed by atoms with Gasteiger partial charge >= 0.3 is 5.97 Å². The Balaban J connectivity index is 2.19. The molecule has 2 rings (SSSR count). The molecule has 6 nitrogen and oxygen atoms in total. The van der Waals surface area contributed by atoms with Crippen molar-refractivity contribution in [2.75, 3.05) is 5.32 Å². The number of aromatic carboxylic acids is 1. The number of hydrogen-bond acceptors (Lipinski definition) is 5.